The minimum absolute atomic E-state index is 0.0897. The Morgan fingerprint density at radius 3 is 2.65 bits per heavy atom. The molecule has 0 amide bonds. The van der Waals surface area contributed by atoms with Gasteiger partial charge in [0.15, 0.2) is 5.78 Å². The summed E-state index contributed by atoms with van der Waals surface area (Å²) in [6.07, 6.45) is 9.19. The third-order valence-corrected chi connectivity index (χ3v) is 7.47. The predicted molar refractivity (Wildman–Crippen MR) is 129 cm³/mol. The zero-order valence-electron chi connectivity index (χ0n) is 19.5. The minimum Gasteiger partial charge on any atom is -0.361 e. The molecule has 0 radical (unpaired) electrons. The van der Waals surface area contributed by atoms with Gasteiger partial charge in [0.2, 0.25) is 0 Å². The van der Waals surface area contributed by atoms with E-state index in [9.17, 15) is 13.6 Å². The normalized spacial score (nSPS) is 15.2. The first-order valence-corrected chi connectivity index (χ1v) is 12.3. The SMILES string of the molecule is C=C(C)C(F)(F)Sc1ccc(-c2cc(CCC(CC3CCC3)C(=O)c3cn(C)cn3)on2)cc1. The zero-order valence-corrected chi connectivity index (χ0v) is 20.3. The van der Waals surface area contributed by atoms with Crippen LogP contribution in [0.15, 0.2) is 64.4 Å². The van der Waals surface area contributed by atoms with E-state index in [1.165, 1.54) is 26.2 Å². The van der Waals surface area contributed by atoms with Crippen molar-refractivity contribution in [3.63, 3.8) is 0 Å². The molecule has 1 saturated carbocycles. The third kappa shape index (κ3) is 5.84. The maximum absolute atomic E-state index is 13.9. The molecule has 1 aliphatic carbocycles. The Hall–Kier alpha value is -2.74. The molecule has 1 aromatic carbocycles. The van der Waals surface area contributed by atoms with Gasteiger partial charge in [0.25, 0.3) is 0 Å². The van der Waals surface area contributed by atoms with Gasteiger partial charge in [-0.1, -0.05) is 43.1 Å². The van der Waals surface area contributed by atoms with Gasteiger partial charge < -0.3 is 9.09 Å². The maximum atomic E-state index is 13.9. The number of rotatable bonds is 11. The third-order valence-electron chi connectivity index (χ3n) is 6.36. The summed E-state index contributed by atoms with van der Waals surface area (Å²) in [5.74, 6) is 1.30. The predicted octanol–water partition coefficient (Wildman–Crippen LogP) is 6.96. The average molecular weight is 486 g/mol. The summed E-state index contributed by atoms with van der Waals surface area (Å²) in [6.45, 7) is 4.67. The number of carbonyl (C=O) groups excluding carboxylic acids is 1. The van der Waals surface area contributed by atoms with Crippen LogP contribution in [0.5, 0.6) is 0 Å². The van der Waals surface area contributed by atoms with E-state index >= 15 is 0 Å². The lowest BCUT2D eigenvalue weighted by Crippen LogP contribution is -2.23. The molecular formula is C26H29F2N3O2S. The quantitative estimate of drug-likeness (QED) is 0.167. The molecule has 8 heteroatoms. The van der Waals surface area contributed by atoms with Gasteiger partial charge in [-0.15, -0.1) is 0 Å². The highest BCUT2D eigenvalue weighted by molar-refractivity contribution is 8.00. The summed E-state index contributed by atoms with van der Waals surface area (Å²) < 4.78 is 35.1. The number of halogens is 2. The molecule has 180 valence electrons. The van der Waals surface area contributed by atoms with Gasteiger partial charge in [0.05, 0.1) is 6.33 Å². The van der Waals surface area contributed by atoms with Gasteiger partial charge in [-0.25, -0.2) is 4.98 Å². The van der Waals surface area contributed by atoms with Crippen LogP contribution in [0.1, 0.15) is 55.3 Å². The van der Waals surface area contributed by atoms with Gasteiger partial charge in [-0.05, 0) is 55.2 Å². The van der Waals surface area contributed by atoms with Crippen LogP contribution < -0.4 is 0 Å². The molecule has 34 heavy (non-hydrogen) atoms. The second kappa shape index (κ2) is 10.3. The van der Waals surface area contributed by atoms with Crippen LogP contribution in [0.25, 0.3) is 11.3 Å². The fraction of sp³-hybridized carbons (Fsp3) is 0.423. The van der Waals surface area contributed by atoms with Gasteiger partial charge in [0.1, 0.15) is 17.1 Å². The first-order valence-electron chi connectivity index (χ1n) is 11.5. The molecule has 1 fully saturated rings. The minimum atomic E-state index is -3.01. The molecule has 4 rings (SSSR count). The maximum Gasteiger partial charge on any atom is 0.319 e. The van der Waals surface area contributed by atoms with Crippen LogP contribution in [0, 0.1) is 11.8 Å². The summed E-state index contributed by atoms with van der Waals surface area (Å²) in [5, 5.41) is 1.14. The molecule has 2 heterocycles. The van der Waals surface area contributed by atoms with E-state index in [2.05, 4.69) is 16.7 Å². The summed E-state index contributed by atoms with van der Waals surface area (Å²) in [4.78, 5) is 17.8. The van der Waals surface area contributed by atoms with Crippen molar-refractivity contribution in [1.29, 1.82) is 0 Å². The Kier molecular flexibility index (Phi) is 7.36. The Labute approximate surface area is 202 Å². The van der Waals surface area contributed by atoms with Gasteiger partial charge in [-0.3, -0.25) is 4.79 Å². The van der Waals surface area contributed by atoms with E-state index in [4.69, 9.17) is 4.52 Å². The second-order valence-electron chi connectivity index (χ2n) is 9.16. The van der Waals surface area contributed by atoms with E-state index in [0.29, 0.717) is 52.6 Å². The number of aromatic nitrogens is 3. The Bertz CT molecular complexity index is 1150. The largest absolute Gasteiger partial charge is 0.361 e. The van der Waals surface area contributed by atoms with E-state index in [1.807, 2.05) is 13.1 Å². The molecule has 5 nitrogen and oxygen atoms in total. The molecule has 0 saturated heterocycles. The van der Waals surface area contributed by atoms with Crippen LogP contribution in [0.4, 0.5) is 8.78 Å². The highest BCUT2D eigenvalue weighted by atomic mass is 32.2. The molecule has 1 atom stereocenters. The molecule has 1 unspecified atom stereocenters. The lowest BCUT2D eigenvalue weighted by Gasteiger charge is -2.28. The number of ketones is 1. The number of carbonyl (C=O) groups is 1. The Balaban J connectivity index is 1.40. The number of alkyl halides is 2. The van der Waals surface area contributed by atoms with Crippen molar-refractivity contribution in [3.05, 3.63) is 66.5 Å². The summed E-state index contributed by atoms with van der Waals surface area (Å²) in [7, 11) is 1.86. The fourth-order valence-corrected chi connectivity index (χ4v) is 4.79. The fourth-order valence-electron chi connectivity index (χ4n) is 4.05. The van der Waals surface area contributed by atoms with Crippen molar-refractivity contribution < 1.29 is 18.1 Å². The standard InChI is InChI=1S/C26H29F2N3O2S/c1-17(2)26(27,28)34-22-11-8-19(9-12-22)23-14-21(33-30-23)10-7-20(13-18-5-4-6-18)25(32)24-15-31(3)16-29-24/h8-9,11-12,14-16,18,20H,1,4-7,10,13H2,2-3H3. The van der Waals surface area contributed by atoms with Gasteiger partial charge >= 0.3 is 5.25 Å². The van der Waals surface area contributed by atoms with E-state index in [0.717, 1.165) is 12.0 Å². The number of Topliss-reactive ketones (excluding diaryl/α,β-unsaturated/α-hetero) is 1. The van der Waals surface area contributed by atoms with Crippen LogP contribution in [0.2, 0.25) is 0 Å². The monoisotopic (exact) mass is 485 g/mol. The molecule has 0 spiro atoms. The lowest BCUT2D eigenvalue weighted by molar-refractivity contribution is 0.0867. The topological polar surface area (TPSA) is 60.9 Å². The number of nitrogens with zero attached hydrogens (tertiary/aromatic N) is 3. The number of imidazole rings is 1. The van der Waals surface area contributed by atoms with Crippen LogP contribution >= 0.6 is 11.8 Å². The second-order valence-corrected chi connectivity index (χ2v) is 10.3. The van der Waals surface area contributed by atoms with Gasteiger partial charge in [0, 0.05) is 42.1 Å². The summed E-state index contributed by atoms with van der Waals surface area (Å²) in [5.41, 5.74) is 1.76. The van der Waals surface area contributed by atoms with Crippen molar-refractivity contribution in [2.24, 2.45) is 18.9 Å². The molecule has 3 aromatic rings. The molecule has 2 aromatic heterocycles. The highest BCUT2D eigenvalue weighted by Crippen LogP contribution is 2.41. The number of benzene rings is 1. The van der Waals surface area contributed by atoms with Crippen LogP contribution in [-0.2, 0) is 13.5 Å². The molecule has 1 aliphatic rings. The number of hydrogen-bond donors (Lipinski definition) is 0. The van der Waals surface area contributed by atoms with Gasteiger partial charge in [-0.2, -0.15) is 8.78 Å². The van der Waals surface area contributed by atoms with Crippen molar-refractivity contribution in [3.8, 4) is 11.3 Å². The highest BCUT2D eigenvalue weighted by Gasteiger charge is 2.31. The Morgan fingerprint density at radius 2 is 2.06 bits per heavy atom. The van der Waals surface area contributed by atoms with Crippen molar-refractivity contribution in [1.82, 2.24) is 14.7 Å². The average Bonchev–Trinajstić information content (AvgIpc) is 3.41. The van der Waals surface area contributed by atoms with Crippen molar-refractivity contribution in [2.75, 3.05) is 0 Å². The zero-order chi connectivity index (χ0) is 24.3. The first kappa shape index (κ1) is 24.4. The number of hydrogen-bond acceptors (Lipinski definition) is 5. The smallest absolute Gasteiger partial charge is 0.319 e. The molecule has 0 N–H and O–H groups in total. The number of aryl methyl sites for hydroxylation is 2. The van der Waals surface area contributed by atoms with E-state index < -0.39 is 5.25 Å². The lowest BCUT2D eigenvalue weighted by atomic mass is 9.76. The van der Waals surface area contributed by atoms with E-state index in [-0.39, 0.29) is 17.3 Å². The van der Waals surface area contributed by atoms with Crippen LogP contribution in [0.3, 0.4) is 0 Å². The summed E-state index contributed by atoms with van der Waals surface area (Å²) in [6, 6.07) is 8.65. The first-order chi connectivity index (χ1) is 16.2. The van der Waals surface area contributed by atoms with E-state index in [1.54, 1.807) is 41.4 Å². The number of thioether (sulfide) groups is 1. The summed E-state index contributed by atoms with van der Waals surface area (Å²) >= 11 is 0.473. The Morgan fingerprint density at radius 1 is 1.32 bits per heavy atom. The molecule has 0 bridgehead atoms. The molecular weight excluding hydrogens is 456 g/mol. The van der Waals surface area contributed by atoms with Crippen LogP contribution in [-0.4, -0.2) is 25.7 Å². The molecule has 0 aliphatic heterocycles. The van der Waals surface area contributed by atoms with Crippen molar-refractivity contribution in [2.45, 2.75) is 55.6 Å². The van der Waals surface area contributed by atoms with Crippen molar-refractivity contribution >= 4 is 17.5 Å².